The van der Waals surface area contributed by atoms with Crippen LogP contribution in [0.2, 0.25) is 0 Å². The van der Waals surface area contributed by atoms with Gasteiger partial charge in [-0.2, -0.15) is 20.1 Å². The van der Waals surface area contributed by atoms with E-state index in [2.05, 4.69) is 120 Å². The van der Waals surface area contributed by atoms with E-state index in [1.165, 1.54) is 76.4 Å². The van der Waals surface area contributed by atoms with Gasteiger partial charge in [-0.3, -0.25) is 4.79 Å². The molecular formula is C58H65BF2N4O3PS4. The third-order valence-electron chi connectivity index (χ3n) is 15.7. The monoisotopic (exact) mass is 1070 g/mol. The minimum absolute atomic E-state index is 0. The Labute approximate surface area is 451 Å². The van der Waals surface area contributed by atoms with Crippen LogP contribution in [0.1, 0.15) is 103 Å². The Bertz CT molecular complexity index is 2880. The summed E-state index contributed by atoms with van der Waals surface area (Å²) < 4.78 is 30.8. The second-order valence-electron chi connectivity index (χ2n) is 20.1. The van der Waals surface area contributed by atoms with Crippen LogP contribution >= 0.6 is 56.9 Å². The normalized spacial score (nSPS) is 24.2. The van der Waals surface area contributed by atoms with E-state index in [-0.39, 0.29) is 56.7 Å². The van der Waals surface area contributed by atoms with Gasteiger partial charge in [-0.1, -0.05) is 85.7 Å². The fraction of sp³-hybridized carbons (Fsp3) is 0.397. The van der Waals surface area contributed by atoms with Crippen LogP contribution in [0, 0.1) is 34.3 Å². The summed E-state index contributed by atoms with van der Waals surface area (Å²) in [5.41, 5.74) is 10.9. The third kappa shape index (κ3) is 11.3. The highest BCUT2D eigenvalue weighted by Gasteiger charge is 2.54. The molecule has 2 aromatic heterocycles. The van der Waals surface area contributed by atoms with E-state index < -0.39 is 12.1 Å². The van der Waals surface area contributed by atoms with Gasteiger partial charge in [0.2, 0.25) is 0 Å². The lowest BCUT2D eigenvalue weighted by molar-refractivity contribution is -0.146. The maximum Gasteiger partial charge on any atom is 0.307 e. The number of hydrogen-bond donors (Lipinski definition) is 2. The number of hydrogen-bond acceptors (Lipinski definition) is 8. The molecule has 4 heterocycles. The van der Waals surface area contributed by atoms with Gasteiger partial charge >= 0.3 is 5.97 Å². The molecule has 6 aromatic rings. The van der Waals surface area contributed by atoms with Crippen molar-refractivity contribution >= 4 is 83.5 Å². The van der Waals surface area contributed by atoms with E-state index >= 15 is 0 Å². The van der Waals surface area contributed by atoms with Crippen LogP contribution in [0.25, 0.3) is 23.5 Å². The number of aromatic nitrogens is 4. The molecule has 2 saturated heterocycles. The van der Waals surface area contributed by atoms with Gasteiger partial charge in [-0.15, -0.1) is 47.0 Å². The van der Waals surface area contributed by atoms with Crippen molar-refractivity contribution in [1.29, 1.82) is 0 Å². The number of aliphatic hydroxyl groups is 1. The second-order valence-corrected chi connectivity index (χ2v) is 25.7. The van der Waals surface area contributed by atoms with E-state index in [0.29, 0.717) is 11.0 Å². The minimum Gasteiger partial charge on any atom is -0.481 e. The van der Waals surface area contributed by atoms with Crippen molar-refractivity contribution in [3.8, 4) is 11.4 Å². The first-order valence-electron chi connectivity index (χ1n) is 25.1. The van der Waals surface area contributed by atoms with E-state index in [0.717, 1.165) is 84.8 Å². The number of thioether (sulfide) groups is 4. The van der Waals surface area contributed by atoms with E-state index in [1.54, 1.807) is 24.3 Å². The quantitative estimate of drug-likeness (QED) is 0.120. The molecule has 4 aromatic carbocycles. The summed E-state index contributed by atoms with van der Waals surface area (Å²) in [6.45, 7) is 4.43. The fourth-order valence-electron chi connectivity index (χ4n) is 11.9. The number of aliphatic carboxylic acids is 1. The highest BCUT2D eigenvalue weighted by molar-refractivity contribution is 8.18. The van der Waals surface area contributed by atoms with Crippen LogP contribution in [0.3, 0.4) is 0 Å². The van der Waals surface area contributed by atoms with Crippen molar-refractivity contribution in [3.05, 3.63) is 178 Å². The molecule has 2 saturated carbocycles. The number of aliphatic hydroxyl groups excluding tert-OH is 1. The number of fused-ring (bicyclic) bond motifs is 4. The largest absolute Gasteiger partial charge is 0.481 e. The smallest absolute Gasteiger partial charge is 0.307 e. The Morgan fingerprint density at radius 2 is 1.14 bits per heavy atom. The summed E-state index contributed by atoms with van der Waals surface area (Å²) in [4.78, 5) is 11.7. The lowest BCUT2D eigenvalue weighted by atomic mass is 9.57. The average Bonchev–Trinajstić information content (AvgIpc) is 4.01. The summed E-state index contributed by atoms with van der Waals surface area (Å²) in [7, 11) is 0. The van der Waals surface area contributed by atoms with E-state index in [1.807, 2.05) is 45.3 Å². The van der Waals surface area contributed by atoms with Crippen molar-refractivity contribution in [2.45, 2.75) is 92.8 Å². The van der Waals surface area contributed by atoms with Crippen LogP contribution in [0.5, 0.6) is 0 Å². The van der Waals surface area contributed by atoms with Gasteiger partial charge in [-0.25, -0.2) is 18.1 Å². The van der Waals surface area contributed by atoms with Crippen LogP contribution in [-0.4, -0.2) is 73.3 Å². The predicted molar refractivity (Wildman–Crippen MR) is 308 cm³/mol. The van der Waals surface area contributed by atoms with Crippen molar-refractivity contribution in [3.63, 3.8) is 0 Å². The first-order chi connectivity index (χ1) is 34.5. The van der Waals surface area contributed by atoms with Gasteiger partial charge < -0.3 is 10.2 Å². The molecule has 6 aliphatic rings. The van der Waals surface area contributed by atoms with Gasteiger partial charge in [0.1, 0.15) is 15.7 Å². The van der Waals surface area contributed by atoms with Gasteiger partial charge in [0.25, 0.3) is 0 Å². The molecule has 15 heteroatoms. The molecule has 6 atom stereocenters. The Morgan fingerprint density at radius 3 is 1.67 bits per heavy atom. The first-order valence-corrected chi connectivity index (χ1v) is 29.1. The summed E-state index contributed by atoms with van der Waals surface area (Å²) in [5.74, 6) is 3.41. The van der Waals surface area contributed by atoms with Gasteiger partial charge in [0, 0.05) is 13.8 Å². The maximum atomic E-state index is 13.5. The summed E-state index contributed by atoms with van der Waals surface area (Å²) in [6.07, 6.45) is 17.6. The number of nitrogens with zero attached hydrogens (tertiary/aromatic N) is 4. The van der Waals surface area contributed by atoms with Crippen molar-refractivity contribution in [1.82, 2.24) is 19.6 Å². The van der Waals surface area contributed by atoms with Gasteiger partial charge in [-0.05, 0) is 181 Å². The molecule has 0 bridgehead atoms. The lowest BCUT2D eigenvalue weighted by Crippen LogP contribution is -2.50. The van der Waals surface area contributed by atoms with Crippen LogP contribution in [0.4, 0.5) is 8.78 Å². The standard InChI is InChI=1S/C29H31FN2OS2.C19H19FN2O2.C10H12S2.B.H3P/c1-28-18-20-19-31-32(24-13-11-23(30)12-14-24)26(20)17-22(28)9-5-10-25(28)27(33)29(34-15-6-16-35-29)21-7-3-2-4-8-21;1-19-10-12-11-21-22(15-7-5-14(20)6-8-15)17(12)9-13(19)3-2-4-16(19)18(23)24;1-2-5-9(6-3-1)10-11-7-4-8-12-10;;/h2-4,7-8,11-14,17,19,25,27,33H,5-6,9-10,15-16,18H2,1H3;5-9,11,16H,2-4,10H2,1H3,(H,23,24);1-3,5-6,10H,4,7-8H2;;1H3/t25-,27-,28+;16-,19+;;;/m11.../s1. The third-order valence-corrected chi connectivity index (χ3v) is 22.2. The first kappa shape index (κ1) is 55.2. The van der Waals surface area contributed by atoms with Crippen LogP contribution in [0.15, 0.2) is 133 Å². The zero-order valence-corrected chi connectivity index (χ0v) is 46.4. The lowest BCUT2D eigenvalue weighted by Gasteiger charge is -2.52. The average molecular weight is 1070 g/mol. The molecule has 73 heavy (non-hydrogen) atoms. The SMILES string of the molecule is C[C@]12Cc3cnn(-c4ccc(F)cc4)c3C=C1CCC[C@@H]2C(=O)O.C[C@]12Cc3cnn(-c4ccc(F)cc4)c3C=C1CCC[C@@H]2[C@@H](O)C1(c2ccccc2)SCCCS1.P.[B].c1ccc(C2SCCCS2)cc1. The molecule has 0 amide bonds. The number of carboxylic acid groups (broad SMARTS) is 1. The zero-order valence-electron chi connectivity index (χ0n) is 41.7. The molecule has 12 rings (SSSR count). The Kier molecular flexibility index (Phi) is 18.1. The number of carbonyl (C=O) groups is 1. The van der Waals surface area contributed by atoms with Crippen molar-refractivity contribution in [2.75, 3.05) is 23.0 Å². The number of rotatable bonds is 7. The van der Waals surface area contributed by atoms with Crippen molar-refractivity contribution < 1.29 is 23.8 Å². The van der Waals surface area contributed by atoms with E-state index in [9.17, 15) is 23.8 Å². The molecule has 381 valence electrons. The second kappa shape index (κ2) is 23.9. The van der Waals surface area contributed by atoms with Gasteiger partial charge in [0.15, 0.2) is 0 Å². The summed E-state index contributed by atoms with van der Waals surface area (Å²) in [6, 6.07) is 34.3. The zero-order chi connectivity index (χ0) is 49.2. The fourth-order valence-corrected chi connectivity index (χ4v) is 18.2. The van der Waals surface area contributed by atoms with E-state index in [4.69, 9.17) is 0 Å². The Balaban J connectivity index is 0.000000161. The molecular weight excluding hydrogens is 1010 g/mol. The predicted octanol–water partition coefficient (Wildman–Crippen LogP) is 13.9. The molecule has 4 fully saturated rings. The number of halogens is 2. The number of allylic oxidation sites excluding steroid dienone is 2. The Morgan fingerprint density at radius 1 is 0.658 bits per heavy atom. The van der Waals surface area contributed by atoms with Crippen LogP contribution in [-0.2, 0) is 21.7 Å². The number of benzene rings is 4. The van der Waals surface area contributed by atoms with Gasteiger partial charge in [0.05, 0.1) is 51.8 Å². The molecule has 4 aliphatic carbocycles. The number of carboxylic acids is 1. The molecule has 2 N–H and O–H groups in total. The van der Waals surface area contributed by atoms with Crippen LogP contribution < -0.4 is 0 Å². The Hall–Kier alpha value is -4.04. The molecule has 1 unspecified atom stereocenters. The molecule has 7 nitrogen and oxygen atoms in total. The molecule has 0 spiro atoms. The maximum absolute atomic E-state index is 13.5. The summed E-state index contributed by atoms with van der Waals surface area (Å²) >= 11 is 8.03. The topological polar surface area (TPSA) is 93.2 Å². The summed E-state index contributed by atoms with van der Waals surface area (Å²) in [5, 5.41) is 31.0. The minimum atomic E-state index is -0.711. The molecule has 3 radical (unpaired) electrons. The molecule has 2 aliphatic heterocycles. The van der Waals surface area contributed by atoms with Crippen molar-refractivity contribution in [2.24, 2.45) is 22.7 Å². The highest BCUT2D eigenvalue weighted by atomic mass is 32.2. The highest BCUT2D eigenvalue weighted by Crippen LogP contribution is 2.61.